The predicted molar refractivity (Wildman–Crippen MR) is 137 cm³/mol. The van der Waals surface area contributed by atoms with Gasteiger partial charge in [-0.25, -0.2) is 0 Å². The molecule has 0 atom stereocenters. The molecule has 0 aliphatic carbocycles. The van der Waals surface area contributed by atoms with E-state index in [1.54, 1.807) is 19.1 Å². The highest BCUT2D eigenvalue weighted by Gasteiger charge is 2.33. The number of benzene rings is 3. The zero-order valence-corrected chi connectivity index (χ0v) is 20.7. The molecule has 1 heterocycles. The number of thioether (sulfide) groups is 1. The number of aliphatic imine (C=N–C) groups is 1. The van der Waals surface area contributed by atoms with Crippen molar-refractivity contribution in [2.75, 3.05) is 14.2 Å². The van der Waals surface area contributed by atoms with Crippen molar-refractivity contribution in [2.24, 2.45) is 4.99 Å². The smallest absolute Gasteiger partial charge is 0.267 e. The van der Waals surface area contributed by atoms with Crippen LogP contribution in [0.15, 0.2) is 87.2 Å². The molecule has 0 radical (unpaired) electrons. The van der Waals surface area contributed by atoms with Crippen LogP contribution in [0, 0.1) is 0 Å². The van der Waals surface area contributed by atoms with Gasteiger partial charge in [0.2, 0.25) is 0 Å². The molecule has 3 aromatic rings. The van der Waals surface area contributed by atoms with Crippen molar-refractivity contribution >= 4 is 44.8 Å². The van der Waals surface area contributed by atoms with E-state index in [0.29, 0.717) is 34.7 Å². The molecule has 1 aliphatic heterocycles. The summed E-state index contributed by atoms with van der Waals surface area (Å²) in [4.78, 5) is 20.5. The Morgan fingerprint density at radius 1 is 0.970 bits per heavy atom. The zero-order chi connectivity index (χ0) is 23.2. The average molecular weight is 523 g/mol. The number of carbonyl (C=O) groups excluding carboxylic acids is 1. The van der Waals surface area contributed by atoms with Gasteiger partial charge in [-0.15, -0.1) is 0 Å². The molecule has 7 heteroatoms. The van der Waals surface area contributed by atoms with Crippen LogP contribution in [0.25, 0.3) is 6.08 Å². The fourth-order valence-electron chi connectivity index (χ4n) is 3.45. The summed E-state index contributed by atoms with van der Waals surface area (Å²) in [7, 11) is 3.18. The van der Waals surface area contributed by atoms with Gasteiger partial charge in [0.05, 0.1) is 36.7 Å². The van der Waals surface area contributed by atoms with Crippen molar-refractivity contribution in [3.63, 3.8) is 0 Å². The van der Waals surface area contributed by atoms with Crippen LogP contribution in [0.5, 0.6) is 11.5 Å². The molecule has 0 saturated carbocycles. The van der Waals surface area contributed by atoms with Crippen molar-refractivity contribution in [3.05, 3.63) is 98.9 Å². The van der Waals surface area contributed by atoms with E-state index in [9.17, 15) is 4.79 Å². The molecule has 168 valence electrons. The van der Waals surface area contributed by atoms with Gasteiger partial charge >= 0.3 is 0 Å². The average Bonchev–Trinajstić information content (AvgIpc) is 3.12. The van der Waals surface area contributed by atoms with E-state index in [4.69, 9.17) is 14.5 Å². The molecule has 1 saturated heterocycles. The molecule has 0 spiro atoms. The third kappa shape index (κ3) is 5.49. The van der Waals surface area contributed by atoms with Crippen LogP contribution in [0.1, 0.15) is 16.7 Å². The van der Waals surface area contributed by atoms with E-state index >= 15 is 0 Å². The van der Waals surface area contributed by atoms with Crippen molar-refractivity contribution in [1.29, 1.82) is 0 Å². The Hall–Kier alpha value is -3.03. The van der Waals surface area contributed by atoms with E-state index < -0.39 is 0 Å². The first-order valence-corrected chi connectivity index (χ1v) is 11.9. The molecule has 1 amide bonds. The predicted octanol–water partition coefficient (Wildman–Crippen LogP) is 6.14. The highest BCUT2D eigenvalue weighted by molar-refractivity contribution is 9.10. The maximum Gasteiger partial charge on any atom is 0.267 e. The minimum absolute atomic E-state index is 0.0680. The van der Waals surface area contributed by atoms with Crippen LogP contribution in [0.3, 0.4) is 0 Å². The number of nitrogens with zero attached hydrogens (tertiary/aromatic N) is 2. The summed E-state index contributed by atoms with van der Waals surface area (Å²) in [5, 5.41) is 0.693. The molecule has 4 rings (SSSR count). The molecule has 5 nitrogen and oxygen atoms in total. The van der Waals surface area contributed by atoms with Gasteiger partial charge in [0.25, 0.3) is 5.91 Å². The quantitative estimate of drug-likeness (QED) is 0.349. The third-order valence-electron chi connectivity index (χ3n) is 5.06. The van der Waals surface area contributed by atoms with E-state index in [1.807, 2.05) is 78.9 Å². The number of ether oxygens (including phenoxy) is 2. The maximum absolute atomic E-state index is 13.4. The molecular weight excluding hydrogens is 500 g/mol. The fourth-order valence-corrected chi connectivity index (χ4v) is 5.04. The third-order valence-corrected chi connectivity index (χ3v) is 6.70. The van der Waals surface area contributed by atoms with Crippen LogP contribution in [0.2, 0.25) is 0 Å². The summed E-state index contributed by atoms with van der Waals surface area (Å²) >= 11 is 4.91. The van der Waals surface area contributed by atoms with Crippen molar-refractivity contribution < 1.29 is 14.3 Å². The summed E-state index contributed by atoms with van der Waals surface area (Å²) in [6.45, 7) is 0.976. The fraction of sp³-hybridized carbons (Fsp3) is 0.154. The summed E-state index contributed by atoms with van der Waals surface area (Å²) in [5.41, 5.74) is 2.98. The van der Waals surface area contributed by atoms with E-state index in [1.165, 1.54) is 11.8 Å². The van der Waals surface area contributed by atoms with Gasteiger partial charge in [0.1, 0.15) is 0 Å². The molecule has 1 fully saturated rings. The number of hydrogen-bond donors (Lipinski definition) is 0. The highest BCUT2D eigenvalue weighted by atomic mass is 79.9. The number of carbonyl (C=O) groups is 1. The Kier molecular flexibility index (Phi) is 7.52. The monoisotopic (exact) mass is 522 g/mol. The first-order chi connectivity index (χ1) is 16.1. The minimum Gasteiger partial charge on any atom is -0.493 e. The second-order valence-electron chi connectivity index (χ2n) is 7.31. The van der Waals surface area contributed by atoms with Gasteiger partial charge in [-0.2, -0.15) is 0 Å². The lowest BCUT2D eigenvalue weighted by Crippen LogP contribution is -2.28. The van der Waals surface area contributed by atoms with Gasteiger partial charge in [-0.05, 0) is 62.6 Å². The van der Waals surface area contributed by atoms with Crippen molar-refractivity contribution in [1.82, 2.24) is 4.90 Å². The van der Waals surface area contributed by atoms with Crippen molar-refractivity contribution in [2.45, 2.75) is 13.1 Å². The lowest BCUT2D eigenvalue weighted by atomic mass is 10.1. The number of rotatable bonds is 7. The van der Waals surface area contributed by atoms with Crippen LogP contribution in [0.4, 0.5) is 0 Å². The number of amidine groups is 1. The number of methoxy groups -OCH3 is 2. The van der Waals surface area contributed by atoms with Crippen LogP contribution >= 0.6 is 27.7 Å². The number of amides is 1. The van der Waals surface area contributed by atoms with Gasteiger partial charge < -0.3 is 9.47 Å². The van der Waals surface area contributed by atoms with Gasteiger partial charge in [0, 0.05) is 0 Å². The summed E-state index contributed by atoms with van der Waals surface area (Å²) < 4.78 is 11.6. The Morgan fingerprint density at radius 3 is 2.27 bits per heavy atom. The molecule has 0 N–H and O–H groups in total. The molecule has 0 unspecified atom stereocenters. The summed E-state index contributed by atoms with van der Waals surface area (Å²) in [5.74, 6) is 1.13. The van der Waals surface area contributed by atoms with Gasteiger partial charge in [-0.1, -0.05) is 60.7 Å². The Balaban J connectivity index is 1.67. The molecule has 0 aromatic heterocycles. The summed E-state index contributed by atoms with van der Waals surface area (Å²) in [6.07, 6.45) is 1.86. The zero-order valence-electron chi connectivity index (χ0n) is 18.3. The minimum atomic E-state index is -0.0680. The second-order valence-corrected chi connectivity index (χ2v) is 9.17. The van der Waals surface area contributed by atoms with E-state index in [2.05, 4.69) is 15.9 Å². The van der Waals surface area contributed by atoms with E-state index in [0.717, 1.165) is 21.2 Å². The van der Waals surface area contributed by atoms with E-state index in [-0.39, 0.29) is 5.91 Å². The van der Waals surface area contributed by atoms with Crippen LogP contribution in [-0.4, -0.2) is 30.2 Å². The molecule has 33 heavy (non-hydrogen) atoms. The lowest BCUT2D eigenvalue weighted by Gasteiger charge is -2.15. The molecule has 1 aliphatic rings. The largest absolute Gasteiger partial charge is 0.493 e. The standard InChI is InChI=1S/C26H23BrN2O3S/c1-31-22-14-20(13-21(27)24(22)32-2)15-23-25(30)29(17-19-11-7-4-8-12-19)26(33-23)28-16-18-9-5-3-6-10-18/h3-15H,16-17H2,1-2H3/b23-15-,28-26?. The first-order valence-electron chi connectivity index (χ1n) is 10.3. The van der Waals surface area contributed by atoms with Crippen LogP contribution < -0.4 is 9.47 Å². The Labute approximate surface area is 206 Å². The first kappa shape index (κ1) is 23.1. The SMILES string of the molecule is COc1cc(/C=C2\SC(=NCc3ccccc3)N(Cc3ccccc3)C2=O)cc(Br)c1OC. The Morgan fingerprint density at radius 2 is 1.64 bits per heavy atom. The van der Waals surface area contributed by atoms with Crippen LogP contribution in [-0.2, 0) is 17.9 Å². The number of halogens is 1. The Bertz CT molecular complexity index is 1200. The maximum atomic E-state index is 13.4. The van der Waals surface area contributed by atoms with Gasteiger partial charge in [0.15, 0.2) is 16.7 Å². The van der Waals surface area contributed by atoms with Gasteiger partial charge in [-0.3, -0.25) is 14.7 Å². The normalized spacial score (nSPS) is 16.0. The van der Waals surface area contributed by atoms with Crippen molar-refractivity contribution in [3.8, 4) is 11.5 Å². The molecule has 0 bridgehead atoms. The second kappa shape index (κ2) is 10.7. The lowest BCUT2D eigenvalue weighted by molar-refractivity contribution is -0.122. The topological polar surface area (TPSA) is 51.1 Å². The molecule has 3 aromatic carbocycles. The molecular formula is C26H23BrN2O3S. The highest BCUT2D eigenvalue weighted by Crippen LogP contribution is 2.39. The summed E-state index contributed by atoms with van der Waals surface area (Å²) in [6, 6.07) is 23.7. The number of hydrogen-bond acceptors (Lipinski definition) is 5.